The smallest absolute Gasteiger partial charge is 0.287 e. The van der Waals surface area contributed by atoms with Crippen LogP contribution in [-0.2, 0) is 42.7 Å². The van der Waals surface area contributed by atoms with Gasteiger partial charge in [0.1, 0.15) is 15.7 Å². The summed E-state index contributed by atoms with van der Waals surface area (Å²) in [6.07, 6.45) is 4.19. The van der Waals surface area contributed by atoms with Gasteiger partial charge in [-0.1, -0.05) is 12.8 Å². The van der Waals surface area contributed by atoms with E-state index in [0.717, 1.165) is 42.4 Å². The summed E-state index contributed by atoms with van der Waals surface area (Å²) < 4.78 is 55.4. The van der Waals surface area contributed by atoms with E-state index >= 15 is 0 Å². The molecule has 1 saturated heterocycles. The maximum atomic E-state index is 13.7. The van der Waals surface area contributed by atoms with Gasteiger partial charge in [-0.2, -0.15) is 19.8 Å². The number of carbonyl (C=O) groups excluding carboxylic acids is 2. The number of amides is 1. The highest BCUT2D eigenvalue weighted by Gasteiger charge is 2.51. The van der Waals surface area contributed by atoms with Crippen LogP contribution in [0.1, 0.15) is 36.8 Å². The number of hydrogen-bond donors (Lipinski definition) is 2. The van der Waals surface area contributed by atoms with Crippen molar-refractivity contribution < 1.29 is 26.4 Å². The van der Waals surface area contributed by atoms with Gasteiger partial charge in [-0.25, -0.2) is 13.1 Å². The molecule has 2 aromatic heterocycles. The standard InChI is InChI=1S/C21H24N4O6S4/c1-34(28,29)22-8-13-11-33-20-18(13)35(30,31)24-19(23-20)16-17(26)14-4-2-3-5-15(14)25(21(16)27)9-12-6-7-32-10-12/h6-7,10-11,14-16,22H,2-5,8-9H2,1H3,(H,23,24). The second-order valence-electron chi connectivity index (χ2n) is 8.98. The topological polar surface area (TPSA) is 142 Å². The minimum absolute atomic E-state index is 0.135. The molecule has 4 heterocycles. The van der Waals surface area contributed by atoms with Crippen molar-refractivity contribution in [1.82, 2.24) is 9.62 Å². The molecule has 35 heavy (non-hydrogen) atoms. The van der Waals surface area contributed by atoms with Crippen LogP contribution < -0.4 is 10.0 Å². The van der Waals surface area contributed by atoms with Crippen molar-refractivity contribution in [1.29, 1.82) is 0 Å². The van der Waals surface area contributed by atoms with E-state index in [9.17, 15) is 26.4 Å². The zero-order valence-corrected chi connectivity index (χ0v) is 22.0. The van der Waals surface area contributed by atoms with Crippen LogP contribution in [0, 0.1) is 11.8 Å². The molecule has 0 radical (unpaired) electrons. The summed E-state index contributed by atoms with van der Waals surface area (Å²) in [6.45, 7) is 0.148. The van der Waals surface area contributed by atoms with Crippen LogP contribution in [0.2, 0.25) is 0 Å². The van der Waals surface area contributed by atoms with Gasteiger partial charge in [0.2, 0.25) is 15.9 Å². The quantitative estimate of drug-likeness (QED) is 0.519. The van der Waals surface area contributed by atoms with Gasteiger partial charge in [-0.05, 0) is 40.6 Å². The molecule has 188 valence electrons. The number of ketones is 1. The molecule has 5 rings (SSSR count). The number of piperidine rings is 1. The van der Waals surface area contributed by atoms with Crippen molar-refractivity contribution in [2.75, 3.05) is 11.6 Å². The van der Waals surface area contributed by atoms with Gasteiger partial charge < -0.3 is 10.2 Å². The normalized spacial score (nSPS) is 26.0. The molecule has 1 amide bonds. The van der Waals surface area contributed by atoms with E-state index in [1.807, 2.05) is 16.8 Å². The molecular weight excluding hydrogens is 533 g/mol. The average molecular weight is 557 g/mol. The monoisotopic (exact) mass is 556 g/mol. The highest BCUT2D eigenvalue weighted by molar-refractivity contribution is 7.91. The molecule has 10 nitrogen and oxygen atoms in total. The Morgan fingerprint density at radius 2 is 2.00 bits per heavy atom. The number of Topliss-reactive ketones (excluding diaryl/α,β-unsaturated/α-hetero) is 1. The molecule has 0 spiro atoms. The van der Waals surface area contributed by atoms with Gasteiger partial charge in [-0.3, -0.25) is 9.59 Å². The molecule has 2 aromatic rings. The van der Waals surface area contributed by atoms with E-state index < -0.39 is 31.9 Å². The Morgan fingerprint density at radius 1 is 1.23 bits per heavy atom. The first-order valence-corrected chi connectivity index (χ1v) is 16.2. The summed E-state index contributed by atoms with van der Waals surface area (Å²) in [5.41, 5.74) is 1.22. The SMILES string of the molecule is CS(=O)(=O)NCc1csc2c1S(=O)(=O)N=C(C1C(=O)C3CCCCC3N(Cc3ccsc3)C1=O)N2. The highest BCUT2D eigenvalue weighted by Crippen LogP contribution is 2.41. The summed E-state index contributed by atoms with van der Waals surface area (Å²) in [4.78, 5) is 28.8. The molecule has 14 heteroatoms. The van der Waals surface area contributed by atoms with Gasteiger partial charge in [-0.15, -0.1) is 15.7 Å². The second-order valence-corrected chi connectivity index (χ2v) is 14.0. The fourth-order valence-electron chi connectivity index (χ4n) is 5.03. The molecule has 3 aliphatic rings. The van der Waals surface area contributed by atoms with Crippen LogP contribution >= 0.6 is 22.7 Å². The minimum Gasteiger partial charge on any atom is -0.334 e. The van der Waals surface area contributed by atoms with Crippen LogP contribution in [-0.4, -0.2) is 51.6 Å². The molecule has 0 bridgehead atoms. The lowest BCUT2D eigenvalue weighted by Gasteiger charge is -2.45. The third kappa shape index (κ3) is 4.69. The fraction of sp³-hybridized carbons (Fsp3) is 0.476. The average Bonchev–Trinajstić information content (AvgIpc) is 3.45. The van der Waals surface area contributed by atoms with Crippen molar-refractivity contribution >= 4 is 65.2 Å². The fourth-order valence-corrected chi connectivity index (χ4v) is 8.75. The van der Waals surface area contributed by atoms with Crippen LogP contribution in [0.3, 0.4) is 0 Å². The number of rotatable bonds is 6. The number of nitrogens with zero attached hydrogens (tertiary/aromatic N) is 2. The lowest BCUT2D eigenvalue weighted by Crippen LogP contribution is -2.60. The van der Waals surface area contributed by atoms with Crippen molar-refractivity contribution in [3.8, 4) is 0 Å². The Bertz CT molecular complexity index is 1410. The molecule has 3 atom stereocenters. The van der Waals surface area contributed by atoms with Gasteiger partial charge in [0.25, 0.3) is 10.0 Å². The predicted octanol–water partition coefficient (Wildman–Crippen LogP) is 2.16. The summed E-state index contributed by atoms with van der Waals surface area (Å²) in [5.74, 6) is -2.60. The number of hydrogen-bond acceptors (Lipinski definition) is 9. The van der Waals surface area contributed by atoms with E-state index in [-0.39, 0.29) is 45.6 Å². The second kappa shape index (κ2) is 9.07. The Hall–Kier alpha value is -2.13. The Labute approximate surface area is 211 Å². The zero-order chi connectivity index (χ0) is 25.0. The van der Waals surface area contributed by atoms with Gasteiger partial charge in [0.15, 0.2) is 11.7 Å². The van der Waals surface area contributed by atoms with Crippen molar-refractivity contribution in [2.45, 2.75) is 49.7 Å². The molecule has 1 aliphatic carbocycles. The lowest BCUT2D eigenvalue weighted by atomic mass is 9.73. The number of carbonyl (C=O) groups is 2. The first kappa shape index (κ1) is 24.6. The van der Waals surface area contributed by atoms with Gasteiger partial charge in [0, 0.05) is 30.6 Å². The van der Waals surface area contributed by atoms with Crippen molar-refractivity contribution in [3.63, 3.8) is 0 Å². The summed E-state index contributed by atoms with van der Waals surface area (Å²) in [5, 5.41) is 8.55. The largest absolute Gasteiger partial charge is 0.334 e. The first-order valence-electron chi connectivity index (χ1n) is 11.1. The number of fused-ring (bicyclic) bond motifs is 2. The predicted molar refractivity (Wildman–Crippen MR) is 133 cm³/mol. The lowest BCUT2D eigenvalue weighted by molar-refractivity contribution is -0.152. The minimum atomic E-state index is -4.26. The number of anilines is 1. The van der Waals surface area contributed by atoms with Crippen LogP contribution in [0.4, 0.5) is 5.00 Å². The van der Waals surface area contributed by atoms with Crippen LogP contribution in [0.5, 0.6) is 0 Å². The van der Waals surface area contributed by atoms with E-state index in [0.29, 0.717) is 13.0 Å². The summed E-state index contributed by atoms with van der Waals surface area (Å²) in [6, 6.07) is 1.73. The molecule has 1 saturated carbocycles. The van der Waals surface area contributed by atoms with Gasteiger partial charge >= 0.3 is 0 Å². The zero-order valence-electron chi connectivity index (χ0n) is 18.8. The molecule has 2 fully saturated rings. The molecule has 3 unspecified atom stereocenters. The van der Waals surface area contributed by atoms with E-state index in [1.54, 1.807) is 4.90 Å². The van der Waals surface area contributed by atoms with Gasteiger partial charge in [0.05, 0.1) is 6.26 Å². The maximum absolute atomic E-state index is 13.7. The Balaban J connectivity index is 1.49. The van der Waals surface area contributed by atoms with Crippen LogP contribution in [0.25, 0.3) is 0 Å². The molecular formula is C21H24N4O6S4. The number of likely N-dealkylation sites (tertiary alicyclic amines) is 1. The number of thiophene rings is 2. The summed E-state index contributed by atoms with van der Waals surface area (Å²) >= 11 is 2.59. The third-order valence-corrected chi connectivity index (χ3v) is 10.5. The maximum Gasteiger partial charge on any atom is 0.287 e. The summed E-state index contributed by atoms with van der Waals surface area (Å²) in [7, 11) is -7.80. The van der Waals surface area contributed by atoms with Crippen molar-refractivity contribution in [3.05, 3.63) is 33.3 Å². The third-order valence-electron chi connectivity index (χ3n) is 6.58. The van der Waals surface area contributed by atoms with E-state index in [4.69, 9.17) is 0 Å². The van der Waals surface area contributed by atoms with E-state index in [1.165, 1.54) is 16.7 Å². The van der Waals surface area contributed by atoms with Crippen molar-refractivity contribution in [2.24, 2.45) is 16.2 Å². The highest BCUT2D eigenvalue weighted by atomic mass is 32.2. The number of amidine groups is 1. The number of sulfonamides is 2. The molecule has 2 N–H and O–H groups in total. The Morgan fingerprint density at radius 3 is 2.71 bits per heavy atom. The van der Waals surface area contributed by atoms with E-state index in [2.05, 4.69) is 14.4 Å². The first-order chi connectivity index (χ1) is 16.5. The molecule has 2 aliphatic heterocycles. The Kier molecular flexibility index (Phi) is 6.36. The number of nitrogens with one attached hydrogen (secondary N) is 2. The van der Waals surface area contributed by atoms with Crippen LogP contribution in [0.15, 0.2) is 31.5 Å². The molecule has 0 aromatic carbocycles.